The van der Waals surface area contributed by atoms with Crippen LogP contribution in [-0.2, 0) is 6.54 Å². The lowest BCUT2D eigenvalue weighted by atomic mass is 10.5. The van der Waals surface area contributed by atoms with E-state index in [1.54, 1.807) is 6.92 Å². The number of nitrogens with two attached hydrogens (primary N) is 1. The minimum atomic E-state index is 0.400. The van der Waals surface area contributed by atoms with Gasteiger partial charge in [-0.1, -0.05) is 5.16 Å². The van der Waals surface area contributed by atoms with Crippen molar-refractivity contribution in [2.75, 3.05) is 10.7 Å². The molecule has 0 aliphatic rings. The fourth-order valence-electron chi connectivity index (χ4n) is 1.17. The Hall–Kier alpha value is -1.74. The second-order valence-corrected chi connectivity index (χ2v) is 3.91. The highest BCUT2D eigenvalue weighted by Crippen LogP contribution is 2.25. The molecular weight excluding hydrogens is 290 g/mol. The molecule has 0 atom stereocenters. The van der Waals surface area contributed by atoms with Gasteiger partial charge < -0.3 is 15.3 Å². The lowest BCUT2D eigenvalue weighted by Gasteiger charge is -2.07. The summed E-state index contributed by atoms with van der Waals surface area (Å²) in [6.45, 7) is 2.13. The van der Waals surface area contributed by atoms with Crippen LogP contribution < -0.4 is 16.6 Å². The van der Waals surface area contributed by atoms with Crippen molar-refractivity contribution in [1.29, 1.82) is 0 Å². The molecule has 9 heteroatoms. The number of rotatable bonds is 4. The predicted molar refractivity (Wildman–Crippen MR) is 63.9 cm³/mol. The number of hydrogen-bond acceptors (Lipinski definition) is 8. The van der Waals surface area contributed by atoms with Gasteiger partial charge in [0.1, 0.15) is 16.6 Å². The predicted octanol–water partition coefficient (Wildman–Crippen LogP) is 0.828. The van der Waals surface area contributed by atoms with Gasteiger partial charge in [0, 0.05) is 6.92 Å². The highest BCUT2D eigenvalue weighted by molar-refractivity contribution is 9.10. The maximum Gasteiger partial charge on any atom is 0.223 e. The van der Waals surface area contributed by atoms with Crippen LogP contribution in [0.5, 0.6) is 0 Å². The van der Waals surface area contributed by atoms with E-state index >= 15 is 0 Å². The molecule has 0 bridgehead atoms. The summed E-state index contributed by atoms with van der Waals surface area (Å²) in [5.41, 5.74) is 2.45. The first-order valence-corrected chi connectivity index (χ1v) is 5.50. The second-order valence-electron chi connectivity index (χ2n) is 3.11. The number of anilines is 2. The van der Waals surface area contributed by atoms with Gasteiger partial charge in [-0.2, -0.15) is 4.98 Å². The van der Waals surface area contributed by atoms with Gasteiger partial charge in [0.15, 0.2) is 11.6 Å². The number of halogens is 1. The lowest BCUT2D eigenvalue weighted by molar-refractivity contribution is 0.388. The van der Waals surface area contributed by atoms with E-state index in [0.717, 1.165) is 0 Å². The number of hydrogen-bond donors (Lipinski definition) is 3. The van der Waals surface area contributed by atoms with Crippen LogP contribution in [-0.4, -0.2) is 20.1 Å². The quantitative estimate of drug-likeness (QED) is 0.562. The van der Waals surface area contributed by atoms with Gasteiger partial charge in [-0.15, -0.1) is 0 Å². The summed E-state index contributed by atoms with van der Waals surface area (Å²) < 4.78 is 5.49. The summed E-state index contributed by atoms with van der Waals surface area (Å²) in [5.74, 6) is 7.45. The summed E-state index contributed by atoms with van der Waals surface area (Å²) in [7, 11) is 0. The van der Waals surface area contributed by atoms with E-state index in [-0.39, 0.29) is 0 Å². The number of nitrogens with one attached hydrogen (secondary N) is 2. The van der Waals surface area contributed by atoms with Gasteiger partial charge in [0.25, 0.3) is 0 Å². The Labute approximate surface area is 105 Å². The third-order valence-corrected chi connectivity index (χ3v) is 2.66. The molecule has 0 aliphatic heterocycles. The molecule has 2 heterocycles. The zero-order valence-corrected chi connectivity index (χ0v) is 10.5. The van der Waals surface area contributed by atoms with Crippen molar-refractivity contribution in [3.63, 3.8) is 0 Å². The van der Waals surface area contributed by atoms with Crippen molar-refractivity contribution in [2.24, 2.45) is 5.84 Å². The number of aromatic nitrogens is 4. The fraction of sp³-hybridized carbons (Fsp3) is 0.250. The van der Waals surface area contributed by atoms with Gasteiger partial charge in [0.2, 0.25) is 5.89 Å². The third-order valence-electron chi connectivity index (χ3n) is 1.91. The molecule has 2 aromatic heterocycles. The first-order valence-electron chi connectivity index (χ1n) is 4.71. The summed E-state index contributed by atoms with van der Waals surface area (Å²) in [5, 5.41) is 6.79. The van der Waals surface area contributed by atoms with E-state index in [9.17, 15) is 0 Å². The van der Waals surface area contributed by atoms with Crippen molar-refractivity contribution in [3.05, 3.63) is 22.5 Å². The lowest BCUT2D eigenvalue weighted by Crippen LogP contribution is -2.11. The number of nitrogen functional groups attached to an aromatic ring is 1. The molecular formula is C8H10BrN7O. The molecule has 0 fully saturated rings. The van der Waals surface area contributed by atoms with Gasteiger partial charge in [-0.05, 0) is 15.9 Å². The zero-order chi connectivity index (χ0) is 12.3. The molecule has 90 valence electrons. The Morgan fingerprint density at radius 3 is 2.82 bits per heavy atom. The van der Waals surface area contributed by atoms with Crippen LogP contribution >= 0.6 is 15.9 Å². The summed E-state index contributed by atoms with van der Waals surface area (Å²) in [6, 6.07) is 0. The zero-order valence-electron chi connectivity index (χ0n) is 8.94. The minimum absolute atomic E-state index is 0.400. The summed E-state index contributed by atoms with van der Waals surface area (Å²) >= 11 is 3.33. The molecule has 0 spiro atoms. The van der Waals surface area contributed by atoms with Crippen molar-refractivity contribution >= 4 is 27.6 Å². The molecule has 2 rings (SSSR count). The molecule has 4 N–H and O–H groups in total. The number of nitrogens with zero attached hydrogens (tertiary/aromatic N) is 4. The van der Waals surface area contributed by atoms with Crippen LogP contribution in [0.1, 0.15) is 11.7 Å². The van der Waals surface area contributed by atoms with Crippen LogP contribution in [0, 0.1) is 6.92 Å². The van der Waals surface area contributed by atoms with E-state index in [2.05, 4.69) is 46.8 Å². The van der Waals surface area contributed by atoms with Crippen molar-refractivity contribution < 1.29 is 4.52 Å². The summed E-state index contributed by atoms with van der Waals surface area (Å²) in [4.78, 5) is 12.0. The smallest absolute Gasteiger partial charge is 0.223 e. The Morgan fingerprint density at radius 1 is 1.41 bits per heavy atom. The SMILES string of the molecule is Cc1nc(CNc2ncnc(NN)c2Br)no1. The molecule has 0 unspecified atom stereocenters. The standard InChI is InChI=1S/C8H10BrN7O/c1-4-14-5(16-17-4)2-11-7-6(9)8(15-10)13-3-12-7/h3H,2,10H2,1H3,(H2,11,12,13,15). The average molecular weight is 300 g/mol. The molecule has 0 amide bonds. The van der Waals surface area contributed by atoms with Crippen LogP contribution in [0.4, 0.5) is 11.6 Å². The number of aryl methyl sites for hydroxylation is 1. The highest BCUT2D eigenvalue weighted by atomic mass is 79.9. The van der Waals surface area contributed by atoms with Crippen LogP contribution in [0.15, 0.2) is 15.3 Å². The van der Waals surface area contributed by atoms with Crippen LogP contribution in [0.2, 0.25) is 0 Å². The molecule has 0 saturated heterocycles. The van der Waals surface area contributed by atoms with E-state index in [4.69, 9.17) is 10.4 Å². The first kappa shape index (κ1) is 11.7. The van der Waals surface area contributed by atoms with Gasteiger partial charge in [0.05, 0.1) is 6.54 Å². The number of hydrazine groups is 1. The van der Waals surface area contributed by atoms with Gasteiger partial charge in [-0.3, -0.25) is 0 Å². The molecule has 2 aromatic rings. The van der Waals surface area contributed by atoms with Crippen LogP contribution in [0.25, 0.3) is 0 Å². The maximum atomic E-state index is 5.29. The van der Waals surface area contributed by atoms with Gasteiger partial charge >= 0.3 is 0 Å². The first-order chi connectivity index (χ1) is 8.20. The van der Waals surface area contributed by atoms with E-state index < -0.39 is 0 Å². The summed E-state index contributed by atoms with van der Waals surface area (Å²) in [6.07, 6.45) is 1.39. The second kappa shape index (κ2) is 5.06. The van der Waals surface area contributed by atoms with E-state index in [0.29, 0.717) is 34.4 Å². The van der Waals surface area contributed by atoms with Crippen molar-refractivity contribution in [1.82, 2.24) is 20.1 Å². The average Bonchev–Trinajstić information content (AvgIpc) is 2.74. The van der Waals surface area contributed by atoms with E-state index in [1.165, 1.54) is 6.33 Å². The maximum absolute atomic E-state index is 5.29. The highest BCUT2D eigenvalue weighted by Gasteiger charge is 2.08. The van der Waals surface area contributed by atoms with Gasteiger partial charge in [-0.25, -0.2) is 15.8 Å². The van der Waals surface area contributed by atoms with E-state index in [1.807, 2.05) is 0 Å². The largest absolute Gasteiger partial charge is 0.362 e. The molecule has 0 aliphatic carbocycles. The Balaban J connectivity index is 2.09. The Bertz CT molecular complexity index is 514. The molecule has 0 radical (unpaired) electrons. The molecule has 0 aromatic carbocycles. The van der Waals surface area contributed by atoms with Crippen molar-refractivity contribution in [2.45, 2.75) is 13.5 Å². The topological polar surface area (TPSA) is 115 Å². The molecule has 17 heavy (non-hydrogen) atoms. The van der Waals surface area contributed by atoms with Crippen molar-refractivity contribution in [3.8, 4) is 0 Å². The monoisotopic (exact) mass is 299 g/mol. The minimum Gasteiger partial charge on any atom is -0.362 e. The normalized spacial score (nSPS) is 10.3. The molecule has 8 nitrogen and oxygen atoms in total. The Kier molecular flexibility index (Phi) is 3.49. The third kappa shape index (κ3) is 2.68. The Morgan fingerprint density at radius 2 is 2.18 bits per heavy atom. The van der Waals surface area contributed by atoms with Crippen LogP contribution in [0.3, 0.4) is 0 Å². The molecule has 0 saturated carbocycles. The fourth-order valence-corrected chi connectivity index (χ4v) is 1.63.